The highest BCUT2D eigenvalue weighted by atomic mass is 16.4. The van der Waals surface area contributed by atoms with Gasteiger partial charge in [-0.1, -0.05) is 48.5 Å². The lowest BCUT2D eigenvalue weighted by Crippen LogP contribution is -1.97. The van der Waals surface area contributed by atoms with Gasteiger partial charge in [-0.25, -0.2) is 0 Å². The summed E-state index contributed by atoms with van der Waals surface area (Å²) in [7, 11) is 0. The molecule has 1 aromatic heterocycles. The number of rotatable bonds is 5. The van der Waals surface area contributed by atoms with Gasteiger partial charge >= 0.3 is 5.97 Å². The molecule has 0 aliphatic carbocycles. The first-order valence-corrected chi connectivity index (χ1v) is 7.12. The maximum Gasteiger partial charge on any atom is 0.303 e. The Morgan fingerprint density at radius 2 is 1.71 bits per heavy atom. The van der Waals surface area contributed by atoms with E-state index in [9.17, 15) is 4.79 Å². The molecule has 0 spiro atoms. The molecule has 0 saturated carbocycles. The molecule has 2 N–H and O–H groups in total. The molecule has 0 fully saturated rings. The summed E-state index contributed by atoms with van der Waals surface area (Å²) in [5.41, 5.74) is 4.57. The normalized spacial score (nSPS) is 10.9. The van der Waals surface area contributed by atoms with Crippen LogP contribution in [0.25, 0.3) is 22.0 Å². The predicted octanol–water partition coefficient (Wildman–Crippen LogP) is 4.24. The fourth-order valence-corrected chi connectivity index (χ4v) is 2.74. The van der Waals surface area contributed by atoms with Crippen molar-refractivity contribution in [2.75, 3.05) is 0 Å². The summed E-state index contributed by atoms with van der Waals surface area (Å²) in [5.74, 6) is -0.743. The van der Waals surface area contributed by atoms with Crippen molar-refractivity contribution in [3.63, 3.8) is 0 Å². The largest absolute Gasteiger partial charge is 0.481 e. The van der Waals surface area contributed by atoms with Crippen molar-refractivity contribution in [3.8, 4) is 11.1 Å². The van der Waals surface area contributed by atoms with Crippen molar-refractivity contribution in [1.29, 1.82) is 0 Å². The first-order valence-electron chi connectivity index (χ1n) is 7.12. The summed E-state index contributed by atoms with van der Waals surface area (Å²) >= 11 is 0. The van der Waals surface area contributed by atoms with Gasteiger partial charge in [-0.05, 0) is 24.5 Å². The number of H-pyrrole nitrogens is 1. The van der Waals surface area contributed by atoms with Crippen LogP contribution in [0.15, 0.2) is 54.6 Å². The van der Waals surface area contributed by atoms with Gasteiger partial charge in [0.2, 0.25) is 0 Å². The van der Waals surface area contributed by atoms with Crippen LogP contribution in [0.5, 0.6) is 0 Å². The SMILES string of the molecule is O=C(O)CCCc1[nH]c2ccccc2c1-c1ccccc1. The summed E-state index contributed by atoms with van der Waals surface area (Å²) < 4.78 is 0. The molecule has 3 nitrogen and oxygen atoms in total. The minimum Gasteiger partial charge on any atom is -0.481 e. The number of carboxylic acids is 1. The first-order chi connectivity index (χ1) is 10.3. The number of aromatic amines is 1. The molecule has 0 amide bonds. The smallest absolute Gasteiger partial charge is 0.303 e. The molecule has 2 aromatic carbocycles. The summed E-state index contributed by atoms with van der Waals surface area (Å²) in [4.78, 5) is 14.1. The highest BCUT2D eigenvalue weighted by Gasteiger charge is 2.13. The lowest BCUT2D eigenvalue weighted by atomic mass is 9.99. The molecule has 3 heteroatoms. The lowest BCUT2D eigenvalue weighted by molar-refractivity contribution is -0.137. The zero-order chi connectivity index (χ0) is 14.7. The molecule has 3 aromatic rings. The van der Waals surface area contributed by atoms with E-state index in [4.69, 9.17) is 5.11 Å². The third kappa shape index (κ3) is 2.82. The fraction of sp³-hybridized carbons (Fsp3) is 0.167. The van der Waals surface area contributed by atoms with Crippen LogP contribution < -0.4 is 0 Å². The molecular formula is C18H17NO2. The van der Waals surface area contributed by atoms with Crippen molar-refractivity contribution in [2.24, 2.45) is 0 Å². The maximum atomic E-state index is 10.7. The Bertz CT molecular complexity index is 759. The van der Waals surface area contributed by atoms with Gasteiger partial charge < -0.3 is 10.1 Å². The van der Waals surface area contributed by atoms with E-state index in [1.54, 1.807) is 0 Å². The van der Waals surface area contributed by atoms with E-state index in [0.717, 1.165) is 17.6 Å². The molecule has 0 radical (unpaired) electrons. The minimum absolute atomic E-state index is 0.198. The van der Waals surface area contributed by atoms with Gasteiger partial charge in [-0.2, -0.15) is 0 Å². The monoisotopic (exact) mass is 279 g/mol. The molecule has 3 rings (SSSR count). The van der Waals surface area contributed by atoms with Gasteiger partial charge in [0, 0.05) is 28.6 Å². The second-order valence-electron chi connectivity index (χ2n) is 5.14. The summed E-state index contributed by atoms with van der Waals surface area (Å²) in [5, 5.41) is 10.00. The number of fused-ring (bicyclic) bond motifs is 1. The molecule has 0 saturated heterocycles. The molecule has 1 heterocycles. The number of carbonyl (C=O) groups is 1. The van der Waals surface area contributed by atoms with E-state index < -0.39 is 5.97 Å². The zero-order valence-electron chi connectivity index (χ0n) is 11.7. The van der Waals surface area contributed by atoms with E-state index in [1.165, 1.54) is 16.5 Å². The summed E-state index contributed by atoms with van der Waals surface area (Å²) in [6, 6.07) is 18.4. The van der Waals surface area contributed by atoms with E-state index in [2.05, 4.69) is 29.2 Å². The molecule has 0 unspecified atom stereocenters. The Hall–Kier alpha value is -2.55. The van der Waals surface area contributed by atoms with E-state index in [-0.39, 0.29) is 6.42 Å². The number of aliphatic carboxylic acids is 1. The topological polar surface area (TPSA) is 53.1 Å². The fourth-order valence-electron chi connectivity index (χ4n) is 2.74. The van der Waals surface area contributed by atoms with Crippen LogP contribution in [-0.2, 0) is 11.2 Å². The Morgan fingerprint density at radius 1 is 1.00 bits per heavy atom. The molecule has 21 heavy (non-hydrogen) atoms. The number of hydrogen-bond acceptors (Lipinski definition) is 1. The van der Waals surface area contributed by atoms with Gasteiger partial charge in [-0.3, -0.25) is 4.79 Å². The number of aryl methyl sites for hydroxylation is 1. The van der Waals surface area contributed by atoms with E-state index in [1.807, 2.05) is 30.3 Å². The van der Waals surface area contributed by atoms with Crippen molar-refractivity contribution in [1.82, 2.24) is 4.98 Å². The van der Waals surface area contributed by atoms with Crippen LogP contribution in [0, 0.1) is 0 Å². The summed E-state index contributed by atoms with van der Waals surface area (Å²) in [6.07, 6.45) is 1.58. The zero-order valence-corrected chi connectivity index (χ0v) is 11.7. The van der Waals surface area contributed by atoms with Gasteiger partial charge in [0.05, 0.1) is 0 Å². The van der Waals surface area contributed by atoms with Crippen molar-refractivity contribution < 1.29 is 9.90 Å². The Balaban J connectivity index is 2.04. The number of benzene rings is 2. The first kappa shape index (κ1) is 13.4. The van der Waals surface area contributed by atoms with Crippen LogP contribution in [0.3, 0.4) is 0 Å². The molecular weight excluding hydrogens is 262 g/mol. The van der Waals surface area contributed by atoms with Crippen LogP contribution in [-0.4, -0.2) is 16.1 Å². The number of hydrogen-bond donors (Lipinski definition) is 2. The second-order valence-corrected chi connectivity index (χ2v) is 5.14. The Labute approximate surface area is 123 Å². The van der Waals surface area contributed by atoms with Gasteiger partial charge in [-0.15, -0.1) is 0 Å². The third-order valence-electron chi connectivity index (χ3n) is 3.66. The summed E-state index contributed by atoms with van der Waals surface area (Å²) in [6.45, 7) is 0. The van der Waals surface area contributed by atoms with Crippen LogP contribution in [0.2, 0.25) is 0 Å². The second kappa shape index (κ2) is 5.83. The number of carboxylic acid groups (broad SMARTS) is 1. The Kier molecular flexibility index (Phi) is 3.73. The molecule has 0 aliphatic heterocycles. The minimum atomic E-state index is -0.743. The van der Waals surface area contributed by atoms with Crippen LogP contribution in [0.4, 0.5) is 0 Å². The number of nitrogens with one attached hydrogen (secondary N) is 1. The number of para-hydroxylation sites is 1. The predicted molar refractivity (Wildman–Crippen MR) is 84.3 cm³/mol. The standard InChI is InChI=1S/C18H17NO2/c20-17(21)12-6-11-16-18(13-7-2-1-3-8-13)14-9-4-5-10-15(14)19-16/h1-5,7-10,19H,6,11-12H2,(H,20,21). The highest BCUT2D eigenvalue weighted by Crippen LogP contribution is 2.33. The lowest BCUT2D eigenvalue weighted by Gasteiger charge is -2.04. The average molecular weight is 279 g/mol. The van der Waals surface area contributed by atoms with E-state index in [0.29, 0.717) is 6.42 Å². The van der Waals surface area contributed by atoms with Crippen LogP contribution in [0.1, 0.15) is 18.5 Å². The van der Waals surface area contributed by atoms with E-state index >= 15 is 0 Å². The molecule has 0 atom stereocenters. The van der Waals surface area contributed by atoms with Gasteiger partial charge in [0.25, 0.3) is 0 Å². The van der Waals surface area contributed by atoms with Gasteiger partial charge in [0.15, 0.2) is 0 Å². The molecule has 0 bridgehead atoms. The quantitative estimate of drug-likeness (QED) is 0.734. The van der Waals surface area contributed by atoms with Crippen molar-refractivity contribution in [3.05, 3.63) is 60.3 Å². The van der Waals surface area contributed by atoms with Gasteiger partial charge in [0.1, 0.15) is 0 Å². The third-order valence-corrected chi connectivity index (χ3v) is 3.66. The molecule has 0 aliphatic rings. The molecule has 106 valence electrons. The van der Waals surface area contributed by atoms with Crippen molar-refractivity contribution in [2.45, 2.75) is 19.3 Å². The highest BCUT2D eigenvalue weighted by molar-refractivity contribution is 5.97. The number of aromatic nitrogens is 1. The maximum absolute atomic E-state index is 10.7. The van der Waals surface area contributed by atoms with Crippen LogP contribution >= 0.6 is 0 Å². The van der Waals surface area contributed by atoms with Crippen molar-refractivity contribution >= 4 is 16.9 Å². The average Bonchev–Trinajstić information content (AvgIpc) is 2.86. The Morgan fingerprint density at radius 3 is 2.48 bits per heavy atom.